The van der Waals surface area contributed by atoms with Gasteiger partial charge in [0.1, 0.15) is 18.2 Å². The largest absolute Gasteiger partial charge is 0.491 e. The quantitative estimate of drug-likeness (QED) is 0.785. The molecule has 0 unspecified atom stereocenters. The minimum absolute atomic E-state index is 0.221. The zero-order valence-corrected chi connectivity index (χ0v) is 11.4. The van der Waals surface area contributed by atoms with Crippen LogP contribution >= 0.6 is 0 Å². The average molecular weight is 275 g/mol. The van der Waals surface area contributed by atoms with Crippen LogP contribution in [0.4, 0.5) is 10.1 Å². The summed E-state index contributed by atoms with van der Waals surface area (Å²) < 4.78 is 23.5. The lowest BCUT2D eigenvalue weighted by atomic mass is 10.2. The molecule has 0 aliphatic heterocycles. The molecule has 20 heavy (non-hydrogen) atoms. The van der Waals surface area contributed by atoms with Crippen LogP contribution in [0.5, 0.6) is 5.75 Å². The number of ether oxygens (including phenoxy) is 2. The van der Waals surface area contributed by atoms with E-state index in [0.29, 0.717) is 19.8 Å². The molecule has 1 N–H and O–H groups in total. The molecule has 0 aliphatic carbocycles. The highest BCUT2D eigenvalue weighted by Gasteiger charge is 1.98. The maximum Gasteiger partial charge on any atom is 0.123 e. The molecule has 2 rings (SSSR count). The van der Waals surface area contributed by atoms with E-state index < -0.39 is 0 Å². The van der Waals surface area contributed by atoms with Crippen molar-refractivity contribution in [3.8, 4) is 5.75 Å². The Balaban J connectivity index is 1.91. The van der Waals surface area contributed by atoms with Crippen LogP contribution in [0.25, 0.3) is 0 Å². The minimum atomic E-state index is -0.221. The zero-order chi connectivity index (χ0) is 14.2. The maximum absolute atomic E-state index is 13.1. The molecular weight excluding hydrogens is 257 g/mol. The maximum atomic E-state index is 13.1. The predicted octanol–water partition coefficient (Wildman–Crippen LogP) is 3.46. The lowest BCUT2D eigenvalue weighted by molar-refractivity contribution is 0.146. The Labute approximate surface area is 118 Å². The first-order valence-electron chi connectivity index (χ1n) is 6.48. The Bertz CT molecular complexity index is 546. The van der Waals surface area contributed by atoms with Crippen molar-refractivity contribution >= 4 is 5.69 Å². The number of nitrogens with one attached hydrogen (secondary N) is 1. The highest BCUT2D eigenvalue weighted by Crippen LogP contribution is 2.18. The normalized spacial score (nSPS) is 10.3. The number of rotatable bonds is 7. The molecule has 0 amide bonds. The van der Waals surface area contributed by atoms with Gasteiger partial charge in [0, 0.05) is 25.4 Å². The molecule has 0 saturated heterocycles. The van der Waals surface area contributed by atoms with Crippen molar-refractivity contribution in [3.63, 3.8) is 0 Å². The second kappa shape index (κ2) is 7.50. The molecular formula is C16H18FNO2. The van der Waals surface area contributed by atoms with Crippen LogP contribution < -0.4 is 10.1 Å². The van der Waals surface area contributed by atoms with Crippen LogP contribution in [0, 0.1) is 5.82 Å². The van der Waals surface area contributed by atoms with Gasteiger partial charge in [-0.2, -0.15) is 0 Å². The fourth-order valence-corrected chi connectivity index (χ4v) is 1.79. The van der Waals surface area contributed by atoms with Crippen molar-refractivity contribution in [3.05, 3.63) is 59.9 Å². The van der Waals surface area contributed by atoms with E-state index in [2.05, 4.69) is 5.32 Å². The van der Waals surface area contributed by atoms with Gasteiger partial charge >= 0.3 is 0 Å². The first kappa shape index (κ1) is 14.3. The van der Waals surface area contributed by atoms with Gasteiger partial charge in [-0.15, -0.1) is 0 Å². The van der Waals surface area contributed by atoms with Gasteiger partial charge in [0.2, 0.25) is 0 Å². The Morgan fingerprint density at radius 1 is 1.05 bits per heavy atom. The predicted molar refractivity (Wildman–Crippen MR) is 77.5 cm³/mol. The fourth-order valence-electron chi connectivity index (χ4n) is 1.79. The van der Waals surface area contributed by atoms with E-state index in [4.69, 9.17) is 9.47 Å². The van der Waals surface area contributed by atoms with Crippen molar-refractivity contribution in [2.24, 2.45) is 0 Å². The molecule has 0 saturated carbocycles. The standard InChI is InChI=1S/C16H18FNO2/c1-19-8-9-20-16-7-3-6-15(11-16)18-12-13-4-2-5-14(17)10-13/h2-7,10-11,18H,8-9,12H2,1H3. The molecule has 0 aromatic heterocycles. The highest BCUT2D eigenvalue weighted by atomic mass is 19.1. The van der Waals surface area contributed by atoms with Crippen LogP contribution in [0.2, 0.25) is 0 Å². The number of benzene rings is 2. The van der Waals surface area contributed by atoms with E-state index in [1.165, 1.54) is 12.1 Å². The molecule has 4 heteroatoms. The fraction of sp³-hybridized carbons (Fsp3) is 0.250. The van der Waals surface area contributed by atoms with Gasteiger partial charge in [0.15, 0.2) is 0 Å². The number of anilines is 1. The van der Waals surface area contributed by atoms with Crippen LogP contribution in [0.1, 0.15) is 5.56 Å². The van der Waals surface area contributed by atoms with Crippen molar-refractivity contribution < 1.29 is 13.9 Å². The molecule has 0 spiro atoms. The molecule has 0 aliphatic rings. The van der Waals surface area contributed by atoms with Gasteiger partial charge in [-0.1, -0.05) is 18.2 Å². The Kier molecular flexibility index (Phi) is 5.38. The molecule has 0 bridgehead atoms. The van der Waals surface area contributed by atoms with E-state index in [1.54, 1.807) is 13.2 Å². The van der Waals surface area contributed by atoms with E-state index in [-0.39, 0.29) is 5.82 Å². The molecule has 0 radical (unpaired) electrons. The van der Waals surface area contributed by atoms with Crippen molar-refractivity contribution in [1.29, 1.82) is 0 Å². The van der Waals surface area contributed by atoms with Gasteiger partial charge in [-0.25, -0.2) is 4.39 Å². The van der Waals surface area contributed by atoms with Crippen molar-refractivity contribution in [2.45, 2.75) is 6.54 Å². The Morgan fingerprint density at radius 3 is 2.70 bits per heavy atom. The summed E-state index contributed by atoms with van der Waals surface area (Å²) in [5.41, 5.74) is 1.83. The molecule has 0 atom stereocenters. The summed E-state index contributed by atoms with van der Waals surface area (Å²) in [4.78, 5) is 0. The SMILES string of the molecule is COCCOc1cccc(NCc2cccc(F)c2)c1. The summed E-state index contributed by atoms with van der Waals surface area (Å²) in [7, 11) is 1.64. The third-order valence-electron chi connectivity index (χ3n) is 2.78. The second-order valence-electron chi connectivity index (χ2n) is 4.35. The van der Waals surface area contributed by atoms with Crippen molar-refractivity contribution in [1.82, 2.24) is 0 Å². The van der Waals surface area contributed by atoms with Gasteiger partial charge in [-0.3, -0.25) is 0 Å². The first-order valence-corrected chi connectivity index (χ1v) is 6.48. The van der Waals surface area contributed by atoms with Crippen LogP contribution in [-0.2, 0) is 11.3 Å². The highest BCUT2D eigenvalue weighted by molar-refractivity contribution is 5.48. The van der Waals surface area contributed by atoms with E-state index in [9.17, 15) is 4.39 Å². The summed E-state index contributed by atoms with van der Waals surface area (Å²) in [6, 6.07) is 14.2. The van der Waals surface area contributed by atoms with Crippen LogP contribution in [-0.4, -0.2) is 20.3 Å². The summed E-state index contributed by atoms with van der Waals surface area (Å²) >= 11 is 0. The molecule has 2 aromatic rings. The first-order chi connectivity index (χ1) is 9.78. The van der Waals surface area contributed by atoms with Crippen molar-refractivity contribution in [2.75, 3.05) is 25.6 Å². The zero-order valence-electron chi connectivity index (χ0n) is 11.4. The van der Waals surface area contributed by atoms with Gasteiger partial charge in [0.25, 0.3) is 0 Å². The van der Waals surface area contributed by atoms with Gasteiger partial charge in [-0.05, 0) is 29.8 Å². The number of hydrogen-bond donors (Lipinski definition) is 1. The number of hydrogen-bond acceptors (Lipinski definition) is 3. The van der Waals surface area contributed by atoms with E-state index >= 15 is 0 Å². The molecule has 0 fully saturated rings. The minimum Gasteiger partial charge on any atom is -0.491 e. The number of methoxy groups -OCH3 is 1. The molecule has 2 aromatic carbocycles. The smallest absolute Gasteiger partial charge is 0.123 e. The second-order valence-corrected chi connectivity index (χ2v) is 4.35. The third-order valence-corrected chi connectivity index (χ3v) is 2.78. The van der Waals surface area contributed by atoms with E-state index in [0.717, 1.165) is 17.0 Å². The van der Waals surface area contributed by atoms with Crippen LogP contribution in [0.15, 0.2) is 48.5 Å². The van der Waals surface area contributed by atoms with Crippen LogP contribution in [0.3, 0.4) is 0 Å². The Morgan fingerprint density at radius 2 is 1.90 bits per heavy atom. The summed E-state index contributed by atoms with van der Waals surface area (Å²) in [5, 5.41) is 3.24. The molecule has 3 nitrogen and oxygen atoms in total. The summed E-state index contributed by atoms with van der Waals surface area (Å²) in [6.45, 7) is 1.64. The van der Waals surface area contributed by atoms with E-state index in [1.807, 2.05) is 30.3 Å². The number of halogens is 1. The average Bonchev–Trinajstić information content (AvgIpc) is 2.46. The topological polar surface area (TPSA) is 30.5 Å². The summed E-state index contributed by atoms with van der Waals surface area (Å²) in [5.74, 6) is 0.562. The summed E-state index contributed by atoms with van der Waals surface area (Å²) in [6.07, 6.45) is 0. The molecule has 106 valence electrons. The van der Waals surface area contributed by atoms with Gasteiger partial charge in [0.05, 0.1) is 6.61 Å². The third kappa shape index (κ3) is 4.55. The molecule has 0 heterocycles. The van der Waals surface area contributed by atoms with Gasteiger partial charge < -0.3 is 14.8 Å². The lowest BCUT2D eigenvalue weighted by Gasteiger charge is -2.10. The Hall–Kier alpha value is -2.07. The monoisotopic (exact) mass is 275 g/mol. The lowest BCUT2D eigenvalue weighted by Crippen LogP contribution is -2.05.